The van der Waals surface area contributed by atoms with Gasteiger partial charge in [-0.25, -0.2) is 8.42 Å². The molecule has 2 heterocycles. The first-order valence-electron chi connectivity index (χ1n) is 9.65. The number of amides is 1. The molecule has 0 radical (unpaired) electrons. The number of fused-ring (bicyclic) bond motifs is 1. The van der Waals surface area contributed by atoms with Gasteiger partial charge in [-0.3, -0.25) is 4.79 Å². The van der Waals surface area contributed by atoms with Crippen molar-refractivity contribution in [3.05, 3.63) is 64.3 Å². The van der Waals surface area contributed by atoms with Gasteiger partial charge in [-0.2, -0.15) is 4.31 Å². The quantitative estimate of drug-likeness (QED) is 0.619. The average Bonchev–Trinajstić information content (AvgIpc) is 3.15. The molecule has 1 fully saturated rings. The molecular formula is C21H21Cl2N3O3S. The first-order valence-corrected chi connectivity index (χ1v) is 11.8. The van der Waals surface area contributed by atoms with E-state index in [0.29, 0.717) is 25.9 Å². The molecule has 9 heteroatoms. The molecule has 30 heavy (non-hydrogen) atoms. The van der Waals surface area contributed by atoms with E-state index in [-0.39, 0.29) is 33.9 Å². The van der Waals surface area contributed by atoms with E-state index in [1.54, 1.807) is 11.0 Å². The number of aryl methyl sites for hydroxylation is 1. The number of nitrogens with one attached hydrogen (secondary N) is 1. The Balaban J connectivity index is 1.37. The van der Waals surface area contributed by atoms with E-state index in [0.717, 1.165) is 16.5 Å². The van der Waals surface area contributed by atoms with E-state index in [9.17, 15) is 13.2 Å². The van der Waals surface area contributed by atoms with E-state index in [2.05, 4.69) is 4.98 Å². The second-order valence-electron chi connectivity index (χ2n) is 7.20. The maximum Gasteiger partial charge on any atom is 0.246 e. The first kappa shape index (κ1) is 21.2. The number of rotatable bonds is 5. The van der Waals surface area contributed by atoms with Crippen molar-refractivity contribution in [3.63, 3.8) is 0 Å². The van der Waals surface area contributed by atoms with Crippen molar-refractivity contribution in [1.82, 2.24) is 14.2 Å². The Labute approximate surface area is 185 Å². The summed E-state index contributed by atoms with van der Waals surface area (Å²) in [5.41, 5.74) is 2.16. The molecule has 1 amide bonds. The lowest BCUT2D eigenvalue weighted by Gasteiger charge is -2.34. The molecule has 1 saturated heterocycles. The standard InChI is InChI=1S/C21H21Cl2N3O3S/c22-17-5-3-6-18(23)21(17)30(28,29)26-12-10-25(11-13-26)20(27)9-8-15-14-24-19-7-2-1-4-16(15)19/h1-7,14,24H,8-13H2. The zero-order chi connectivity index (χ0) is 21.3. The van der Waals surface area contributed by atoms with Crippen LogP contribution in [0.1, 0.15) is 12.0 Å². The Kier molecular flexibility index (Phi) is 6.06. The third-order valence-corrected chi connectivity index (χ3v) is 8.25. The number of aromatic nitrogens is 1. The SMILES string of the molecule is O=C(CCc1c[nH]c2ccccc12)N1CCN(S(=O)(=O)c2c(Cl)cccc2Cl)CC1. The number of H-pyrrole nitrogens is 1. The predicted octanol–water partition coefficient (Wildman–Crippen LogP) is 3.94. The van der Waals surface area contributed by atoms with Crippen molar-refractivity contribution in [3.8, 4) is 0 Å². The summed E-state index contributed by atoms with van der Waals surface area (Å²) in [5.74, 6) is 0.0214. The fourth-order valence-corrected chi connectivity index (χ4v) is 6.29. The fourth-order valence-electron chi connectivity index (χ4n) is 3.77. The van der Waals surface area contributed by atoms with Gasteiger partial charge in [-0.15, -0.1) is 0 Å². The van der Waals surface area contributed by atoms with Crippen LogP contribution in [0.5, 0.6) is 0 Å². The minimum Gasteiger partial charge on any atom is -0.361 e. The summed E-state index contributed by atoms with van der Waals surface area (Å²) in [5, 5.41) is 1.32. The topological polar surface area (TPSA) is 73.5 Å². The Morgan fingerprint density at radius 3 is 2.33 bits per heavy atom. The zero-order valence-corrected chi connectivity index (χ0v) is 18.5. The highest BCUT2D eigenvalue weighted by Gasteiger charge is 2.32. The van der Waals surface area contributed by atoms with Gasteiger partial charge in [0, 0.05) is 49.7 Å². The van der Waals surface area contributed by atoms with Crippen LogP contribution in [-0.4, -0.2) is 54.7 Å². The Hall–Kier alpha value is -2.06. The molecule has 2 aromatic carbocycles. The smallest absolute Gasteiger partial charge is 0.246 e. The molecule has 0 aliphatic carbocycles. The molecule has 0 saturated carbocycles. The number of halogens is 2. The summed E-state index contributed by atoms with van der Waals surface area (Å²) in [6.07, 6.45) is 2.96. The predicted molar refractivity (Wildman–Crippen MR) is 118 cm³/mol. The van der Waals surface area contributed by atoms with Crippen LogP contribution in [-0.2, 0) is 21.2 Å². The van der Waals surface area contributed by atoms with Crippen molar-refractivity contribution in [2.75, 3.05) is 26.2 Å². The highest BCUT2D eigenvalue weighted by molar-refractivity contribution is 7.89. The van der Waals surface area contributed by atoms with E-state index in [4.69, 9.17) is 23.2 Å². The number of aromatic amines is 1. The fraction of sp³-hybridized carbons (Fsp3) is 0.286. The molecule has 3 aromatic rings. The van der Waals surface area contributed by atoms with E-state index in [1.807, 2.05) is 30.5 Å². The van der Waals surface area contributed by atoms with Crippen LogP contribution in [0.15, 0.2) is 53.6 Å². The maximum absolute atomic E-state index is 13.0. The lowest BCUT2D eigenvalue weighted by molar-refractivity contribution is -0.132. The largest absolute Gasteiger partial charge is 0.361 e. The minimum absolute atomic E-state index is 0.0214. The Morgan fingerprint density at radius 1 is 0.967 bits per heavy atom. The van der Waals surface area contributed by atoms with Crippen LogP contribution < -0.4 is 0 Å². The number of carbonyl (C=O) groups excluding carboxylic acids is 1. The molecular weight excluding hydrogens is 445 g/mol. The van der Waals surface area contributed by atoms with Gasteiger partial charge in [-0.1, -0.05) is 47.5 Å². The molecule has 1 aliphatic heterocycles. The molecule has 0 bridgehead atoms. The highest BCUT2D eigenvalue weighted by Crippen LogP contribution is 2.32. The Bertz CT molecular complexity index is 1160. The molecule has 1 aliphatic rings. The lowest BCUT2D eigenvalue weighted by atomic mass is 10.1. The number of hydrogen-bond acceptors (Lipinski definition) is 3. The van der Waals surface area contributed by atoms with Crippen LogP contribution >= 0.6 is 23.2 Å². The van der Waals surface area contributed by atoms with Gasteiger partial charge in [0.2, 0.25) is 15.9 Å². The second kappa shape index (κ2) is 8.59. The number of piperazine rings is 1. The number of benzene rings is 2. The Morgan fingerprint density at radius 2 is 1.63 bits per heavy atom. The molecule has 4 rings (SSSR count). The van der Waals surface area contributed by atoms with Crippen LogP contribution in [0.4, 0.5) is 0 Å². The molecule has 0 spiro atoms. The normalized spacial score (nSPS) is 15.6. The maximum atomic E-state index is 13.0. The first-order chi connectivity index (χ1) is 14.4. The summed E-state index contributed by atoms with van der Waals surface area (Å²) < 4.78 is 27.3. The third-order valence-electron chi connectivity index (χ3n) is 5.39. The number of hydrogen-bond donors (Lipinski definition) is 1. The molecule has 1 aromatic heterocycles. The van der Waals surface area contributed by atoms with Gasteiger partial charge < -0.3 is 9.88 Å². The van der Waals surface area contributed by atoms with Gasteiger partial charge in [0.25, 0.3) is 0 Å². The van der Waals surface area contributed by atoms with Gasteiger partial charge in [0.05, 0.1) is 10.0 Å². The van der Waals surface area contributed by atoms with Gasteiger partial charge in [0.15, 0.2) is 0 Å². The number of para-hydroxylation sites is 1. The summed E-state index contributed by atoms with van der Waals surface area (Å²) in [7, 11) is -3.82. The number of carbonyl (C=O) groups is 1. The van der Waals surface area contributed by atoms with Crippen molar-refractivity contribution in [1.29, 1.82) is 0 Å². The van der Waals surface area contributed by atoms with E-state index in [1.165, 1.54) is 16.4 Å². The van der Waals surface area contributed by atoms with Gasteiger partial charge in [-0.05, 0) is 30.2 Å². The summed E-state index contributed by atoms with van der Waals surface area (Å²) in [6.45, 7) is 1.10. The number of sulfonamides is 1. The van der Waals surface area contributed by atoms with E-state index >= 15 is 0 Å². The molecule has 0 atom stereocenters. The minimum atomic E-state index is -3.82. The zero-order valence-electron chi connectivity index (χ0n) is 16.1. The monoisotopic (exact) mass is 465 g/mol. The molecule has 6 nitrogen and oxygen atoms in total. The summed E-state index contributed by atoms with van der Waals surface area (Å²) in [4.78, 5) is 17.5. The molecule has 0 unspecified atom stereocenters. The van der Waals surface area contributed by atoms with Crippen molar-refractivity contribution >= 4 is 50.0 Å². The van der Waals surface area contributed by atoms with Crippen LogP contribution in [0, 0.1) is 0 Å². The number of nitrogens with zero attached hydrogens (tertiary/aromatic N) is 2. The van der Waals surface area contributed by atoms with Gasteiger partial charge in [0.1, 0.15) is 4.90 Å². The molecule has 1 N–H and O–H groups in total. The van der Waals surface area contributed by atoms with Crippen LogP contribution in [0.25, 0.3) is 10.9 Å². The average molecular weight is 466 g/mol. The van der Waals surface area contributed by atoms with Crippen LogP contribution in [0.3, 0.4) is 0 Å². The molecule has 158 valence electrons. The van der Waals surface area contributed by atoms with Crippen molar-refractivity contribution in [2.45, 2.75) is 17.7 Å². The van der Waals surface area contributed by atoms with Gasteiger partial charge >= 0.3 is 0 Å². The highest BCUT2D eigenvalue weighted by atomic mass is 35.5. The third kappa shape index (κ3) is 4.07. The van der Waals surface area contributed by atoms with Crippen molar-refractivity contribution in [2.24, 2.45) is 0 Å². The van der Waals surface area contributed by atoms with Crippen molar-refractivity contribution < 1.29 is 13.2 Å². The lowest BCUT2D eigenvalue weighted by Crippen LogP contribution is -2.50. The summed E-state index contributed by atoms with van der Waals surface area (Å²) in [6, 6.07) is 12.6. The second-order valence-corrected chi connectivity index (χ2v) is 9.88. The summed E-state index contributed by atoms with van der Waals surface area (Å²) >= 11 is 12.2. The van der Waals surface area contributed by atoms with E-state index < -0.39 is 10.0 Å². The van der Waals surface area contributed by atoms with Crippen LogP contribution in [0.2, 0.25) is 10.0 Å².